The molecular formula is C21H19Cl2N3O3S. The lowest BCUT2D eigenvalue weighted by atomic mass is 9.92. The van der Waals surface area contributed by atoms with Crippen LogP contribution < -0.4 is 10.1 Å². The van der Waals surface area contributed by atoms with Gasteiger partial charge in [0.15, 0.2) is 6.61 Å². The Morgan fingerprint density at radius 1 is 1.17 bits per heavy atom. The molecule has 1 N–H and O–H groups in total. The van der Waals surface area contributed by atoms with Crippen LogP contribution in [0, 0.1) is 4.84 Å². The first-order valence-electron chi connectivity index (χ1n) is 9.54. The van der Waals surface area contributed by atoms with Crippen molar-refractivity contribution in [1.82, 2.24) is 9.78 Å². The SMILES string of the molecule is O=C(Cn1nc(COc2ccc3c(c2)CCCC3)oc1=S)Nc1ccc(Cl)cc1Cl. The zero-order valence-corrected chi connectivity index (χ0v) is 18.3. The van der Waals surface area contributed by atoms with Gasteiger partial charge in [0.1, 0.15) is 12.3 Å². The number of halogens is 2. The van der Waals surface area contributed by atoms with Crippen LogP contribution in [0.1, 0.15) is 29.9 Å². The number of nitrogens with zero attached hydrogens (tertiary/aromatic N) is 2. The molecule has 0 saturated heterocycles. The standard InChI is InChI=1S/C21H19Cl2N3O3S/c22-15-6-8-18(17(23)10-15)24-19(27)11-26-21(30)29-20(25-26)12-28-16-7-5-13-3-1-2-4-14(13)9-16/h5-10H,1-4,11-12H2,(H,24,27). The number of rotatable bonds is 6. The molecule has 1 aromatic heterocycles. The smallest absolute Gasteiger partial charge is 0.287 e. The summed E-state index contributed by atoms with van der Waals surface area (Å²) in [6, 6.07) is 11.0. The fourth-order valence-corrected chi connectivity index (χ4v) is 4.03. The first kappa shape index (κ1) is 20.9. The molecule has 9 heteroatoms. The Labute approximate surface area is 188 Å². The monoisotopic (exact) mass is 463 g/mol. The number of hydrogen-bond donors (Lipinski definition) is 1. The first-order valence-corrected chi connectivity index (χ1v) is 10.7. The maximum Gasteiger partial charge on any atom is 0.287 e. The molecular weight excluding hydrogens is 445 g/mol. The molecule has 6 nitrogen and oxygen atoms in total. The van der Waals surface area contributed by atoms with E-state index < -0.39 is 0 Å². The summed E-state index contributed by atoms with van der Waals surface area (Å²) in [6.45, 7) is 0.0141. The van der Waals surface area contributed by atoms with E-state index >= 15 is 0 Å². The number of carbonyl (C=O) groups is 1. The van der Waals surface area contributed by atoms with Crippen LogP contribution in [0.3, 0.4) is 0 Å². The van der Waals surface area contributed by atoms with E-state index in [1.165, 1.54) is 28.7 Å². The van der Waals surface area contributed by atoms with Gasteiger partial charge in [0.25, 0.3) is 10.7 Å². The van der Waals surface area contributed by atoms with E-state index in [2.05, 4.69) is 22.5 Å². The van der Waals surface area contributed by atoms with Crippen molar-refractivity contribution < 1.29 is 13.9 Å². The highest BCUT2D eigenvalue weighted by atomic mass is 35.5. The van der Waals surface area contributed by atoms with Gasteiger partial charge in [0, 0.05) is 5.02 Å². The first-order chi connectivity index (χ1) is 14.5. The Bertz CT molecular complexity index is 1140. The number of aryl methyl sites for hydroxylation is 2. The Morgan fingerprint density at radius 3 is 2.77 bits per heavy atom. The van der Waals surface area contributed by atoms with Crippen LogP contribution in [0.15, 0.2) is 40.8 Å². The van der Waals surface area contributed by atoms with E-state index in [-0.39, 0.29) is 23.9 Å². The number of ether oxygens (including phenoxy) is 1. The van der Waals surface area contributed by atoms with Crippen molar-refractivity contribution in [2.24, 2.45) is 0 Å². The molecule has 0 fully saturated rings. The summed E-state index contributed by atoms with van der Waals surface area (Å²) in [7, 11) is 0. The summed E-state index contributed by atoms with van der Waals surface area (Å²) in [4.78, 5) is 12.4. The van der Waals surface area contributed by atoms with Crippen molar-refractivity contribution in [1.29, 1.82) is 0 Å². The minimum absolute atomic E-state index is 0.0939. The fraction of sp³-hybridized carbons (Fsp3) is 0.286. The second kappa shape index (κ2) is 9.20. The van der Waals surface area contributed by atoms with Gasteiger partial charge in [0.2, 0.25) is 5.91 Å². The minimum atomic E-state index is -0.342. The number of nitrogens with one attached hydrogen (secondary N) is 1. The van der Waals surface area contributed by atoms with Crippen molar-refractivity contribution in [3.05, 3.63) is 68.3 Å². The lowest BCUT2D eigenvalue weighted by molar-refractivity contribution is -0.117. The molecule has 0 bridgehead atoms. The lowest BCUT2D eigenvalue weighted by Gasteiger charge is -2.16. The summed E-state index contributed by atoms with van der Waals surface area (Å²) in [5, 5.41) is 7.77. The number of anilines is 1. The van der Waals surface area contributed by atoms with Gasteiger partial charge in [-0.2, -0.15) is 0 Å². The third-order valence-corrected chi connectivity index (χ3v) is 5.67. The second-order valence-electron chi connectivity index (χ2n) is 7.02. The Balaban J connectivity index is 1.37. The molecule has 1 amide bonds. The van der Waals surface area contributed by atoms with Gasteiger partial charge in [-0.05, 0) is 79.4 Å². The maximum absolute atomic E-state index is 12.3. The van der Waals surface area contributed by atoms with Crippen molar-refractivity contribution in [3.63, 3.8) is 0 Å². The van der Waals surface area contributed by atoms with Crippen LogP contribution in [0.25, 0.3) is 0 Å². The molecule has 4 rings (SSSR count). The predicted octanol–water partition coefficient (Wildman–Crippen LogP) is 5.61. The number of carbonyl (C=O) groups excluding carboxylic acids is 1. The lowest BCUT2D eigenvalue weighted by Crippen LogP contribution is -2.20. The van der Waals surface area contributed by atoms with E-state index in [0.29, 0.717) is 21.6 Å². The molecule has 1 heterocycles. The van der Waals surface area contributed by atoms with Gasteiger partial charge in [0.05, 0.1) is 10.7 Å². The molecule has 156 valence electrons. The Kier molecular flexibility index (Phi) is 6.41. The molecule has 2 aromatic carbocycles. The highest BCUT2D eigenvalue weighted by Crippen LogP contribution is 2.26. The summed E-state index contributed by atoms with van der Waals surface area (Å²) < 4.78 is 12.6. The summed E-state index contributed by atoms with van der Waals surface area (Å²) >= 11 is 17.1. The molecule has 3 aromatic rings. The van der Waals surface area contributed by atoms with Crippen molar-refractivity contribution in [2.75, 3.05) is 5.32 Å². The Hall–Kier alpha value is -2.35. The van der Waals surface area contributed by atoms with Crippen molar-refractivity contribution in [3.8, 4) is 5.75 Å². The van der Waals surface area contributed by atoms with E-state index in [0.717, 1.165) is 18.6 Å². The van der Waals surface area contributed by atoms with Crippen LogP contribution in [0.5, 0.6) is 5.75 Å². The van der Waals surface area contributed by atoms with Gasteiger partial charge in [-0.1, -0.05) is 29.3 Å². The number of hydrogen-bond acceptors (Lipinski definition) is 5. The number of amides is 1. The Morgan fingerprint density at radius 2 is 1.97 bits per heavy atom. The van der Waals surface area contributed by atoms with Crippen LogP contribution >= 0.6 is 35.4 Å². The molecule has 0 atom stereocenters. The van der Waals surface area contributed by atoms with Crippen LogP contribution in [-0.4, -0.2) is 15.7 Å². The van der Waals surface area contributed by atoms with Gasteiger partial charge in [-0.25, -0.2) is 4.68 Å². The molecule has 0 unspecified atom stereocenters. The van der Waals surface area contributed by atoms with E-state index in [1.807, 2.05) is 6.07 Å². The average molecular weight is 464 g/mol. The molecule has 1 aliphatic carbocycles. The topological polar surface area (TPSA) is 69.3 Å². The third-order valence-electron chi connectivity index (χ3n) is 4.83. The van der Waals surface area contributed by atoms with E-state index in [1.54, 1.807) is 18.2 Å². The highest BCUT2D eigenvalue weighted by molar-refractivity contribution is 7.71. The average Bonchev–Trinajstić information content (AvgIpc) is 3.07. The summed E-state index contributed by atoms with van der Waals surface area (Å²) in [5.74, 6) is 0.724. The molecule has 0 spiro atoms. The molecule has 30 heavy (non-hydrogen) atoms. The summed E-state index contributed by atoms with van der Waals surface area (Å²) in [5.41, 5.74) is 3.18. The van der Waals surface area contributed by atoms with E-state index in [9.17, 15) is 4.79 Å². The molecule has 0 aliphatic heterocycles. The highest BCUT2D eigenvalue weighted by Gasteiger charge is 2.13. The van der Waals surface area contributed by atoms with E-state index in [4.69, 9.17) is 44.6 Å². The predicted molar refractivity (Wildman–Crippen MR) is 118 cm³/mol. The number of fused-ring (bicyclic) bond motifs is 1. The molecule has 0 radical (unpaired) electrons. The third kappa shape index (κ3) is 5.03. The molecule has 0 saturated carbocycles. The van der Waals surface area contributed by atoms with Crippen LogP contribution in [0.2, 0.25) is 10.0 Å². The van der Waals surface area contributed by atoms with Crippen LogP contribution in [0.4, 0.5) is 5.69 Å². The zero-order chi connectivity index (χ0) is 21.1. The minimum Gasteiger partial charge on any atom is -0.484 e. The molecule has 1 aliphatic rings. The maximum atomic E-state index is 12.3. The van der Waals surface area contributed by atoms with Crippen molar-refractivity contribution in [2.45, 2.75) is 38.8 Å². The quantitative estimate of drug-likeness (QED) is 0.481. The van der Waals surface area contributed by atoms with Gasteiger partial charge in [-0.15, -0.1) is 5.10 Å². The summed E-state index contributed by atoms with van der Waals surface area (Å²) in [6.07, 6.45) is 4.65. The normalized spacial score (nSPS) is 13.0. The second-order valence-corrected chi connectivity index (χ2v) is 8.21. The van der Waals surface area contributed by atoms with Gasteiger partial charge >= 0.3 is 0 Å². The largest absolute Gasteiger partial charge is 0.484 e. The van der Waals surface area contributed by atoms with Gasteiger partial charge < -0.3 is 14.5 Å². The fourth-order valence-electron chi connectivity index (χ4n) is 3.37. The van der Waals surface area contributed by atoms with Crippen molar-refractivity contribution >= 4 is 47.0 Å². The van der Waals surface area contributed by atoms with Crippen LogP contribution in [-0.2, 0) is 30.8 Å². The number of benzene rings is 2. The van der Waals surface area contributed by atoms with Gasteiger partial charge in [-0.3, -0.25) is 4.79 Å². The zero-order valence-electron chi connectivity index (χ0n) is 16.0. The number of aromatic nitrogens is 2.